The minimum absolute atomic E-state index is 0.278. The third kappa shape index (κ3) is 11.8. The van der Waals surface area contributed by atoms with Gasteiger partial charge in [0.25, 0.3) is 0 Å². The van der Waals surface area contributed by atoms with Crippen LogP contribution in [0.4, 0.5) is 0 Å². The second-order valence-corrected chi connectivity index (χ2v) is 5.09. The molecule has 3 heteroatoms. The number of rotatable bonds is 12. The molecule has 0 aromatic rings. The lowest BCUT2D eigenvalue weighted by Gasteiger charge is -2.13. The van der Waals surface area contributed by atoms with Gasteiger partial charge in [0, 0.05) is 6.54 Å². The van der Waals surface area contributed by atoms with E-state index in [2.05, 4.69) is 26.3 Å². The molecular formula is C14H29NO2. The van der Waals surface area contributed by atoms with Crippen molar-refractivity contribution in [2.45, 2.75) is 71.8 Å². The standard InChI is InChI=1S/C14H29NO2/c1-4-5-6-7-8-9-10-14(12-16)17-15-11-13(2)3/h12-15H,4-11H2,1-3H3. The fraction of sp³-hybridized carbons (Fsp3) is 0.929. The third-order valence-corrected chi connectivity index (χ3v) is 2.72. The van der Waals surface area contributed by atoms with Gasteiger partial charge in [-0.15, -0.1) is 0 Å². The Morgan fingerprint density at radius 3 is 2.35 bits per heavy atom. The lowest BCUT2D eigenvalue weighted by atomic mass is 10.1. The van der Waals surface area contributed by atoms with E-state index in [4.69, 9.17) is 4.84 Å². The van der Waals surface area contributed by atoms with Crippen LogP contribution in [0.25, 0.3) is 0 Å². The number of hydrogen-bond acceptors (Lipinski definition) is 3. The molecule has 0 radical (unpaired) electrons. The van der Waals surface area contributed by atoms with Gasteiger partial charge >= 0.3 is 0 Å². The average Bonchev–Trinajstić information content (AvgIpc) is 2.30. The van der Waals surface area contributed by atoms with E-state index in [0.717, 1.165) is 25.7 Å². The van der Waals surface area contributed by atoms with Crippen molar-refractivity contribution in [3.05, 3.63) is 0 Å². The monoisotopic (exact) mass is 243 g/mol. The number of unbranched alkanes of at least 4 members (excludes halogenated alkanes) is 5. The van der Waals surface area contributed by atoms with Crippen LogP contribution in [0.5, 0.6) is 0 Å². The number of aldehydes is 1. The molecule has 0 amide bonds. The molecule has 0 aromatic carbocycles. The molecule has 102 valence electrons. The quantitative estimate of drug-likeness (QED) is 0.324. The molecule has 0 aliphatic carbocycles. The SMILES string of the molecule is CCCCCCCCC(C=O)ONCC(C)C. The van der Waals surface area contributed by atoms with E-state index in [1.54, 1.807) is 0 Å². The largest absolute Gasteiger partial charge is 0.300 e. The maximum absolute atomic E-state index is 10.8. The Labute approximate surface area is 106 Å². The van der Waals surface area contributed by atoms with E-state index >= 15 is 0 Å². The predicted molar refractivity (Wildman–Crippen MR) is 71.8 cm³/mol. The van der Waals surface area contributed by atoms with Crippen LogP contribution in [0, 0.1) is 5.92 Å². The van der Waals surface area contributed by atoms with E-state index in [1.165, 1.54) is 32.1 Å². The summed E-state index contributed by atoms with van der Waals surface area (Å²) in [6.45, 7) is 7.23. The molecule has 0 bridgehead atoms. The van der Waals surface area contributed by atoms with Crippen LogP contribution in [0.1, 0.15) is 65.7 Å². The van der Waals surface area contributed by atoms with E-state index < -0.39 is 0 Å². The Balaban J connectivity index is 3.38. The summed E-state index contributed by atoms with van der Waals surface area (Å²) in [4.78, 5) is 16.1. The molecular weight excluding hydrogens is 214 g/mol. The molecule has 0 aliphatic heterocycles. The lowest BCUT2D eigenvalue weighted by Crippen LogP contribution is -2.28. The summed E-state index contributed by atoms with van der Waals surface area (Å²) >= 11 is 0. The molecule has 0 saturated carbocycles. The van der Waals surface area contributed by atoms with Crippen molar-refractivity contribution in [1.29, 1.82) is 0 Å². The average molecular weight is 243 g/mol. The van der Waals surface area contributed by atoms with Crippen LogP contribution < -0.4 is 5.48 Å². The summed E-state index contributed by atoms with van der Waals surface area (Å²) in [6, 6.07) is 0. The molecule has 3 nitrogen and oxygen atoms in total. The maximum atomic E-state index is 10.8. The van der Waals surface area contributed by atoms with Crippen molar-refractivity contribution in [3.8, 4) is 0 Å². The highest BCUT2D eigenvalue weighted by atomic mass is 16.7. The molecule has 17 heavy (non-hydrogen) atoms. The van der Waals surface area contributed by atoms with Gasteiger partial charge in [0.1, 0.15) is 6.10 Å². The van der Waals surface area contributed by atoms with Crippen molar-refractivity contribution in [2.75, 3.05) is 6.54 Å². The first-order valence-electron chi connectivity index (χ1n) is 7.04. The van der Waals surface area contributed by atoms with E-state index in [-0.39, 0.29) is 6.10 Å². The van der Waals surface area contributed by atoms with Gasteiger partial charge in [-0.1, -0.05) is 59.3 Å². The van der Waals surface area contributed by atoms with Gasteiger partial charge in [0.05, 0.1) is 0 Å². The maximum Gasteiger partial charge on any atom is 0.150 e. The van der Waals surface area contributed by atoms with E-state index in [9.17, 15) is 4.79 Å². The molecule has 0 aliphatic rings. The fourth-order valence-corrected chi connectivity index (χ4v) is 1.60. The third-order valence-electron chi connectivity index (χ3n) is 2.72. The van der Waals surface area contributed by atoms with Crippen LogP contribution in [-0.4, -0.2) is 18.9 Å². The number of nitrogens with one attached hydrogen (secondary N) is 1. The van der Waals surface area contributed by atoms with Gasteiger partial charge in [-0.3, -0.25) is 4.84 Å². The van der Waals surface area contributed by atoms with Crippen molar-refractivity contribution >= 4 is 6.29 Å². The van der Waals surface area contributed by atoms with Gasteiger partial charge in [-0.2, -0.15) is 0 Å². The zero-order valence-corrected chi connectivity index (χ0v) is 11.7. The summed E-state index contributed by atoms with van der Waals surface area (Å²) in [5.41, 5.74) is 2.87. The lowest BCUT2D eigenvalue weighted by molar-refractivity contribution is -0.124. The van der Waals surface area contributed by atoms with Gasteiger partial charge in [0.15, 0.2) is 6.29 Å². The van der Waals surface area contributed by atoms with Gasteiger partial charge < -0.3 is 4.79 Å². The number of carbonyl (C=O) groups is 1. The van der Waals surface area contributed by atoms with E-state index in [0.29, 0.717) is 5.92 Å². The molecule has 0 heterocycles. The first-order chi connectivity index (χ1) is 8.20. The summed E-state index contributed by atoms with van der Waals surface area (Å²) < 4.78 is 0. The minimum atomic E-state index is -0.278. The Kier molecular flexibility index (Phi) is 11.8. The zero-order chi connectivity index (χ0) is 12.9. The highest BCUT2D eigenvalue weighted by Gasteiger charge is 2.07. The van der Waals surface area contributed by atoms with Crippen LogP contribution in [0.2, 0.25) is 0 Å². The van der Waals surface area contributed by atoms with Crippen LogP contribution in [-0.2, 0) is 9.63 Å². The highest BCUT2D eigenvalue weighted by molar-refractivity contribution is 5.55. The van der Waals surface area contributed by atoms with Crippen LogP contribution in [0.3, 0.4) is 0 Å². The number of hydrogen-bond donors (Lipinski definition) is 1. The van der Waals surface area contributed by atoms with Gasteiger partial charge in [-0.05, 0) is 12.3 Å². The first-order valence-corrected chi connectivity index (χ1v) is 7.04. The van der Waals surface area contributed by atoms with Crippen molar-refractivity contribution in [1.82, 2.24) is 5.48 Å². The van der Waals surface area contributed by atoms with Crippen LogP contribution >= 0.6 is 0 Å². The smallest absolute Gasteiger partial charge is 0.150 e. The normalized spacial score (nSPS) is 12.9. The summed E-state index contributed by atoms with van der Waals surface area (Å²) in [5.74, 6) is 0.538. The molecule has 1 N–H and O–H groups in total. The van der Waals surface area contributed by atoms with Crippen molar-refractivity contribution in [3.63, 3.8) is 0 Å². The molecule has 1 atom stereocenters. The minimum Gasteiger partial charge on any atom is -0.300 e. The number of hydroxylamine groups is 1. The summed E-state index contributed by atoms with van der Waals surface area (Å²) in [5, 5.41) is 0. The highest BCUT2D eigenvalue weighted by Crippen LogP contribution is 2.09. The molecule has 0 rings (SSSR count). The zero-order valence-electron chi connectivity index (χ0n) is 11.7. The fourth-order valence-electron chi connectivity index (χ4n) is 1.60. The molecule has 0 saturated heterocycles. The van der Waals surface area contributed by atoms with Crippen molar-refractivity contribution in [2.24, 2.45) is 5.92 Å². The Bertz CT molecular complexity index is 172. The first kappa shape index (κ1) is 16.6. The van der Waals surface area contributed by atoms with Gasteiger partial charge in [0.2, 0.25) is 0 Å². The topological polar surface area (TPSA) is 38.3 Å². The Morgan fingerprint density at radius 2 is 1.76 bits per heavy atom. The molecule has 0 fully saturated rings. The molecule has 0 spiro atoms. The predicted octanol–water partition coefficient (Wildman–Crippen LogP) is 3.48. The van der Waals surface area contributed by atoms with Gasteiger partial charge in [-0.25, -0.2) is 5.48 Å². The summed E-state index contributed by atoms with van der Waals surface area (Å²) in [7, 11) is 0. The van der Waals surface area contributed by atoms with Crippen LogP contribution in [0.15, 0.2) is 0 Å². The summed E-state index contributed by atoms with van der Waals surface area (Å²) in [6.07, 6.45) is 8.94. The molecule has 1 unspecified atom stereocenters. The molecule has 0 aromatic heterocycles. The second-order valence-electron chi connectivity index (χ2n) is 5.09. The van der Waals surface area contributed by atoms with Crippen molar-refractivity contribution < 1.29 is 9.63 Å². The Hall–Kier alpha value is -0.410. The number of carbonyl (C=O) groups excluding carboxylic acids is 1. The second kappa shape index (κ2) is 12.1. The Morgan fingerprint density at radius 1 is 1.12 bits per heavy atom. The van der Waals surface area contributed by atoms with E-state index in [1.807, 2.05) is 0 Å².